The lowest BCUT2D eigenvalue weighted by Gasteiger charge is -2.42. The molecule has 6 heterocycles. The standard InChI is InChI=1S/C27H31N7O/c1-19-11-22(32-10-9-25(3,16-32)21-7-5-4-6-8-21)13-33-23(19)29-24(30-33)27-14-26(15-27,18-35-27)17-34-20(2)12-28-31-34/h4-8,11-13H,9-10,14-18H2,1-3H3/t25-,26?,27?/m0/s1. The van der Waals surface area contributed by atoms with Crippen LogP contribution in [0.3, 0.4) is 0 Å². The first kappa shape index (κ1) is 21.1. The molecule has 3 saturated heterocycles. The van der Waals surface area contributed by atoms with Crippen molar-refractivity contribution in [1.82, 2.24) is 29.6 Å². The Bertz CT molecular complexity index is 1420. The molecule has 4 fully saturated rings. The van der Waals surface area contributed by atoms with Gasteiger partial charge in [0.25, 0.3) is 0 Å². The molecule has 4 aliphatic rings. The van der Waals surface area contributed by atoms with Gasteiger partial charge in [0.2, 0.25) is 0 Å². The highest BCUT2D eigenvalue weighted by atomic mass is 16.5. The van der Waals surface area contributed by atoms with E-state index in [-0.39, 0.29) is 16.4 Å². The number of aryl methyl sites for hydroxylation is 2. The maximum atomic E-state index is 6.36. The number of aromatic nitrogens is 6. The van der Waals surface area contributed by atoms with E-state index < -0.39 is 0 Å². The first-order chi connectivity index (χ1) is 16.9. The van der Waals surface area contributed by atoms with Gasteiger partial charge >= 0.3 is 0 Å². The molecule has 8 rings (SSSR count). The van der Waals surface area contributed by atoms with Gasteiger partial charge in [-0.15, -0.1) is 10.2 Å². The Hall–Kier alpha value is -3.26. The minimum Gasteiger partial charge on any atom is -0.369 e. The van der Waals surface area contributed by atoms with E-state index in [1.54, 1.807) is 0 Å². The summed E-state index contributed by atoms with van der Waals surface area (Å²) in [7, 11) is 0. The van der Waals surface area contributed by atoms with Crippen LogP contribution in [-0.2, 0) is 22.3 Å². The zero-order valence-corrected chi connectivity index (χ0v) is 20.6. The molecule has 3 aromatic heterocycles. The van der Waals surface area contributed by atoms with Crippen molar-refractivity contribution >= 4 is 11.3 Å². The van der Waals surface area contributed by atoms with Crippen LogP contribution < -0.4 is 4.90 Å². The molecule has 0 radical (unpaired) electrons. The van der Waals surface area contributed by atoms with E-state index in [0.717, 1.165) is 68.2 Å². The van der Waals surface area contributed by atoms with Crippen LogP contribution in [0.5, 0.6) is 0 Å². The van der Waals surface area contributed by atoms with E-state index in [1.165, 1.54) is 11.3 Å². The Morgan fingerprint density at radius 3 is 2.71 bits per heavy atom. The van der Waals surface area contributed by atoms with Gasteiger partial charge in [-0.05, 0) is 50.3 Å². The lowest BCUT2D eigenvalue weighted by atomic mass is 9.62. The molecular weight excluding hydrogens is 438 g/mol. The van der Waals surface area contributed by atoms with Crippen LogP contribution in [0.2, 0.25) is 0 Å². The Morgan fingerprint density at radius 2 is 1.94 bits per heavy atom. The van der Waals surface area contributed by atoms with Gasteiger partial charge in [0.15, 0.2) is 11.5 Å². The van der Waals surface area contributed by atoms with Crippen molar-refractivity contribution in [2.75, 3.05) is 24.6 Å². The van der Waals surface area contributed by atoms with Crippen LogP contribution in [0.1, 0.15) is 48.8 Å². The zero-order chi connectivity index (χ0) is 23.8. The maximum absolute atomic E-state index is 6.36. The van der Waals surface area contributed by atoms with Crippen LogP contribution in [0.15, 0.2) is 48.8 Å². The number of hydrogen-bond donors (Lipinski definition) is 0. The SMILES string of the molecule is Cc1cc(N2CC[C@](C)(c3ccccc3)C2)cn2nc(C34CC(Cn5nncc5C)(CO3)C4)nc12. The number of hydrogen-bond acceptors (Lipinski definition) is 6. The molecule has 2 bridgehead atoms. The van der Waals surface area contributed by atoms with Crippen molar-refractivity contribution in [1.29, 1.82) is 0 Å². The predicted octanol–water partition coefficient (Wildman–Crippen LogP) is 3.81. The molecular formula is C27H31N7O. The average Bonchev–Trinajstić information content (AvgIpc) is 3.64. The Kier molecular flexibility index (Phi) is 4.29. The Balaban J connectivity index is 1.14. The van der Waals surface area contributed by atoms with Crippen molar-refractivity contribution in [3.8, 4) is 0 Å². The number of pyridine rings is 1. The summed E-state index contributed by atoms with van der Waals surface area (Å²) < 4.78 is 10.3. The quantitative estimate of drug-likeness (QED) is 0.443. The van der Waals surface area contributed by atoms with Gasteiger partial charge in [-0.3, -0.25) is 0 Å². The Morgan fingerprint density at radius 1 is 1.11 bits per heavy atom. The summed E-state index contributed by atoms with van der Waals surface area (Å²) in [6, 6.07) is 13.1. The van der Waals surface area contributed by atoms with E-state index in [9.17, 15) is 0 Å². The molecule has 1 aliphatic carbocycles. The first-order valence-electron chi connectivity index (χ1n) is 12.5. The number of benzene rings is 1. The fourth-order valence-corrected chi connectivity index (χ4v) is 6.57. The van der Waals surface area contributed by atoms with Gasteiger partial charge < -0.3 is 9.64 Å². The van der Waals surface area contributed by atoms with E-state index in [0.29, 0.717) is 0 Å². The third kappa shape index (κ3) is 3.15. The Labute approximate surface area is 204 Å². The fourth-order valence-electron chi connectivity index (χ4n) is 6.57. The minimum absolute atomic E-state index is 0.105. The maximum Gasteiger partial charge on any atom is 0.183 e. The van der Waals surface area contributed by atoms with Crippen molar-refractivity contribution in [2.45, 2.75) is 57.6 Å². The number of fused-ring (bicyclic) bond motifs is 2. The van der Waals surface area contributed by atoms with Crippen molar-refractivity contribution in [3.63, 3.8) is 0 Å². The van der Waals surface area contributed by atoms with Crippen molar-refractivity contribution in [3.05, 3.63) is 71.4 Å². The third-order valence-electron chi connectivity index (χ3n) is 8.59. The van der Waals surface area contributed by atoms with Crippen LogP contribution in [0, 0.1) is 19.3 Å². The topological polar surface area (TPSA) is 73.4 Å². The summed E-state index contributed by atoms with van der Waals surface area (Å²) >= 11 is 0. The van der Waals surface area contributed by atoms with Crippen LogP contribution >= 0.6 is 0 Å². The molecule has 180 valence electrons. The number of anilines is 1. The zero-order valence-electron chi connectivity index (χ0n) is 20.6. The summed E-state index contributed by atoms with van der Waals surface area (Å²) in [6.07, 6.45) is 6.96. The summed E-state index contributed by atoms with van der Waals surface area (Å²) in [5.74, 6) is 0.816. The first-order valence-corrected chi connectivity index (χ1v) is 12.5. The predicted molar refractivity (Wildman–Crippen MR) is 132 cm³/mol. The molecule has 1 aromatic carbocycles. The third-order valence-corrected chi connectivity index (χ3v) is 8.59. The van der Waals surface area contributed by atoms with Crippen LogP contribution in [-0.4, -0.2) is 49.3 Å². The van der Waals surface area contributed by atoms with Gasteiger partial charge in [0.05, 0.1) is 36.9 Å². The lowest BCUT2D eigenvalue weighted by Crippen LogP contribution is -2.45. The molecule has 4 aromatic rings. The largest absolute Gasteiger partial charge is 0.369 e. The second-order valence-corrected chi connectivity index (χ2v) is 11.4. The summed E-state index contributed by atoms with van der Waals surface area (Å²) in [5.41, 5.74) is 5.67. The highest BCUT2D eigenvalue weighted by molar-refractivity contribution is 5.58. The van der Waals surface area contributed by atoms with E-state index in [1.807, 2.05) is 22.3 Å². The van der Waals surface area contributed by atoms with Gasteiger partial charge in [0, 0.05) is 23.9 Å². The van der Waals surface area contributed by atoms with E-state index >= 15 is 0 Å². The van der Waals surface area contributed by atoms with Gasteiger partial charge in [0.1, 0.15) is 5.60 Å². The highest BCUT2D eigenvalue weighted by Crippen LogP contribution is 2.63. The molecule has 8 heteroatoms. The van der Waals surface area contributed by atoms with Crippen LogP contribution in [0.4, 0.5) is 5.69 Å². The monoisotopic (exact) mass is 469 g/mol. The van der Waals surface area contributed by atoms with Crippen molar-refractivity contribution in [2.24, 2.45) is 5.41 Å². The fraction of sp³-hybridized carbons (Fsp3) is 0.481. The molecule has 1 saturated carbocycles. The molecule has 1 atom stereocenters. The average molecular weight is 470 g/mol. The second-order valence-electron chi connectivity index (χ2n) is 11.4. The number of nitrogens with zero attached hydrogens (tertiary/aromatic N) is 7. The molecule has 0 unspecified atom stereocenters. The van der Waals surface area contributed by atoms with Gasteiger partial charge in [-0.25, -0.2) is 14.2 Å². The minimum atomic E-state index is -0.368. The molecule has 0 N–H and O–H groups in total. The lowest BCUT2D eigenvalue weighted by molar-refractivity contribution is -0.0323. The molecule has 35 heavy (non-hydrogen) atoms. The second kappa shape index (κ2) is 7.13. The summed E-state index contributed by atoms with van der Waals surface area (Å²) in [5, 5.41) is 13.2. The molecule has 0 spiro atoms. The molecule has 8 nitrogen and oxygen atoms in total. The molecule has 3 aliphatic heterocycles. The van der Waals surface area contributed by atoms with Crippen LogP contribution in [0.25, 0.3) is 5.65 Å². The normalized spacial score (nSPS) is 29.7. The highest BCUT2D eigenvalue weighted by Gasteiger charge is 2.65. The summed E-state index contributed by atoms with van der Waals surface area (Å²) in [4.78, 5) is 7.45. The van der Waals surface area contributed by atoms with Gasteiger partial charge in [-0.1, -0.05) is 42.5 Å². The van der Waals surface area contributed by atoms with E-state index in [4.69, 9.17) is 14.8 Å². The molecule has 0 amide bonds. The smallest absolute Gasteiger partial charge is 0.183 e. The van der Waals surface area contributed by atoms with Gasteiger partial charge in [-0.2, -0.15) is 0 Å². The summed E-state index contributed by atoms with van der Waals surface area (Å²) in [6.45, 7) is 10.2. The number of ether oxygens (including phenoxy) is 1. The number of rotatable bonds is 5. The van der Waals surface area contributed by atoms with E-state index in [2.05, 4.69) is 71.7 Å². The van der Waals surface area contributed by atoms with Crippen molar-refractivity contribution < 1.29 is 4.74 Å².